The van der Waals surface area contributed by atoms with Crippen molar-refractivity contribution >= 4 is 93.4 Å². The molecule has 10 aliphatic rings. The molecule has 16 aromatic carbocycles. The van der Waals surface area contributed by atoms with E-state index in [1.54, 1.807) is 0 Å². The second-order valence-corrected chi connectivity index (χ2v) is 36.0. The molecule has 25 heteroatoms. The van der Waals surface area contributed by atoms with E-state index in [9.17, 15) is 0 Å². The van der Waals surface area contributed by atoms with Crippen molar-refractivity contribution in [1.82, 2.24) is 0 Å². The Balaban J connectivity index is 0.000000169. The Morgan fingerprint density at radius 2 is 0.218 bits per heavy atom. The fourth-order valence-electron chi connectivity index (χ4n) is 18.2. The maximum atomic E-state index is 6.43. The summed E-state index contributed by atoms with van der Waals surface area (Å²) < 4.78 is 51.4. The van der Waals surface area contributed by atoms with Crippen molar-refractivity contribution in [2.45, 2.75) is 70.2 Å². The van der Waals surface area contributed by atoms with Crippen LogP contribution in [0, 0.1) is 55.4 Å². The predicted molar refractivity (Wildman–Crippen MR) is 581 cm³/mol. The van der Waals surface area contributed by atoms with Gasteiger partial charge >= 0.3 is 68.9 Å². The number of nitrogens with zero attached hydrogens (tertiary/aromatic N) is 16. The molecule has 706 valence electrons. The molecule has 0 unspecified atom stereocenters. The van der Waals surface area contributed by atoms with Crippen LogP contribution in [0.25, 0.3) is 0 Å². The van der Waals surface area contributed by atoms with E-state index in [1.165, 1.54) is 0 Å². The van der Waals surface area contributed by atoms with Crippen LogP contribution >= 0.6 is 0 Å². The van der Waals surface area contributed by atoms with E-state index < -0.39 is 0 Å². The van der Waals surface area contributed by atoms with Crippen LogP contribution in [0.5, 0.6) is 92.0 Å². The van der Waals surface area contributed by atoms with Crippen molar-refractivity contribution < 1.29 is 108 Å². The van der Waals surface area contributed by atoms with Crippen LogP contribution < -0.4 is 107 Å². The molecule has 0 saturated carbocycles. The number of ether oxygens (including phenoxy) is 8. The standard InChI is InChI=1S/2C60H40N8O4.2CH4.Cs.H/c1-33-9-5-13-37(25-33)69-41-17-21-45-49(29-41)57-62-53(45)61-54-46-22-18-43(71-39-15-7-11-35(3)27-39)31-51(46)59(63-54)68-60-52-32-44(72-40-16-8-12-36(4)28-40)20-24-48(52)56(67-60)66-58-50-30-42(19-23-47(50)55(64-57)65-58)70-38-14-6-10-34(2)26-38;1-33-9-5-13-37(25-33)69-41-17-21-45-49(29-41)57-62-53(45)61-54-46-22-18-42(70-38-14-6-10-34(2)26-38)30-50(46)58(63-54)65-56-48-24-20-44(72-40-16-8-12-36(4)28-40)32-52(48)60(67-56)68-59-51-31-43(19-23-47(51)55(64-57)66-59)71-39-15-7-11-35(3)27-39;;;;/h2*5-32H,1-4H3;2*1H4;;/q;;;;+1;-1. The van der Waals surface area contributed by atoms with Crippen molar-refractivity contribution in [2.24, 2.45) is 79.9 Å². The zero-order valence-electron chi connectivity index (χ0n) is 80.8. The molecule has 10 aliphatic heterocycles. The fourth-order valence-corrected chi connectivity index (χ4v) is 18.2. The summed E-state index contributed by atoms with van der Waals surface area (Å²) in [5.41, 5.74) is 20.2. The topological polar surface area (TPSA) is 272 Å². The van der Waals surface area contributed by atoms with Crippen molar-refractivity contribution in [3.05, 3.63) is 473 Å². The first-order valence-electron chi connectivity index (χ1n) is 46.9. The first-order valence-corrected chi connectivity index (χ1v) is 46.9. The molecule has 24 nitrogen and oxygen atoms in total. The van der Waals surface area contributed by atoms with Crippen LogP contribution in [0.15, 0.2) is 420 Å². The van der Waals surface area contributed by atoms with Crippen LogP contribution in [-0.2, 0) is 0 Å². The minimum Gasteiger partial charge on any atom is -1.00 e. The predicted octanol–water partition coefficient (Wildman–Crippen LogP) is 24.9. The van der Waals surface area contributed by atoms with Gasteiger partial charge in [-0.15, -0.1) is 0 Å². The summed E-state index contributed by atoms with van der Waals surface area (Å²) in [6, 6.07) is 110. The van der Waals surface area contributed by atoms with Gasteiger partial charge in [0.2, 0.25) is 0 Å². The summed E-state index contributed by atoms with van der Waals surface area (Å²) in [5.74, 6) is 16.9. The summed E-state index contributed by atoms with van der Waals surface area (Å²) in [5, 5.41) is 0. The molecule has 0 spiro atoms. The van der Waals surface area contributed by atoms with Crippen LogP contribution in [0.2, 0.25) is 0 Å². The van der Waals surface area contributed by atoms with Gasteiger partial charge < -0.3 is 39.3 Å². The van der Waals surface area contributed by atoms with Crippen LogP contribution in [0.3, 0.4) is 0 Å². The first kappa shape index (κ1) is 94.6. The first-order chi connectivity index (χ1) is 70.3. The summed E-state index contributed by atoms with van der Waals surface area (Å²) in [6.45, 7) is 16.3. The Bertz CT molecular complexity index is 8900. The summed E-state index contributed by atoms with van der Waals surface area (Å²) >= 11 is 0. The quantitative estimate of drug-likeness (QED) is 0.0895. The molecule has 0 aromatic heterocycles. The molecule has 0 fully saturated rings. The molecule has 0 radical (unpaired) electrons. The smallest absolute Gasteiger partial charge is 1.00 e. The normalized spacial score (nSPS) is 14.2. The van der Waals surface area contributed by atoms with E-state index in [1.807, 2.05) is 395 Å². The van der Waals surface area contributed by atoms with Gasteiger partial charge in [0.05, 0.1) is 0 Å². The van der Waals surface area contributed by atoms with Gasteiger partial charge in [-0.2, -0.15) is 0 Å². The summed E-state index contributed by atoms with van der Waals surface area (Å²) in [4.78, 5) is 82.9. The molecule has 0 amide bonds. The number of amidine groups is 16. The monoisotopic (exact) mass is 2040 g/mol. The SMILES string of the molecule is C.C.Cc1cccc(Oc2ccc3c(c2)C2=NC3=NC3=NC(=NC4=NC(=NC5=NC(=N2)c2ccc(Oc6cccc(C)c6)cc25)c2cc(Oc5cccc(C)c5)ccc24)c2cc(Oc4cccc(C)c4)ccc23)c1.Cc1cccc(Oc2ccc3c(c2)C2=NC3=NC3=NC(=NC4=NC(=NC5=NC(=N2)c2ccc(Oc6cccc(C)c6)cc25)c2ccc(Oc5cccc(C)c5)cc24)c2cc(Oc4cccc(C)c4)ccc23)c1.[Cs+].[H-]. The Morgan fingerprint density at radius 3 is 0.320 bits per heavy atom. The van der Waals surface area contributed by atoms with Gasteiger partial charge in [0.25, 0.3) is 0 Å². The molecule has 147 heavy (non-hydrogen) atoms. The average Bonchev–Trinajstić information content (AvgIpc) is 1.60. The Labute approximate surface area is 908 Å². The Morgan fingerprint density at radius 1 is 0.122 bits per heavy atom. The van der Waals surface area contributed by atoms with Gasteiger partial charge in [-0.25, -0.2) is 79.9 Å². The number of fused-ring (bicyclic) bond motifs is 32. The molecule has 0 N–H and O–H groups in total. The molecular weight excluding hydrogens is 1950 g/mol. The van der Waals surface area contributed by atoms with Gasteiger partial charge in [0.1, 0.15) is 92.0 Å². The molecule has 16 aromatic rings. The largest absolute Gasteiger partial charge is 1.00 e. The minimum absolute atomic E-state index is 0. The molecule has 10 heterocycles. The van der Waals surface area contributed by atoms with Crippen molar-refractivity contribution in [1.29, 1.82) is 0 Å². The number of benzene rings is 16. The molecule has 0 atom stereocenters. The van der Waals surface area contributed by atoms with Crippen LogP contribution in [-0.4, -0.2) is 93.4 Å². The van der Waals surface area contributed by atoms with Crippen LogP contribution in [0.4, 0.5) is 0 Å². The third kappa shape index (κ3) is 19.4. The number of hydrogen-bond donors (Lipinski definition) is 0. The Kier molecular flexibility index (Phi) is 25.4. The van der Waals surface area contributed by atoms with E-state index in [2.05, 4.69) is 0 Å². The Hall–Kier alpha value is -17.3. The van der Waals surface area contributed by atoms with E-state index in [0.717, 1.165) is 89.0 Å². The number of hydrogen-bond acceptors (Lipinski definition) is 24. The number of aryl methyl sites for hydroxylation is 8. The molecule has 0 saturated heterocycles. The average molecular weight is 2040 g/mol. The second-order valence-electron chi connectivity index (χ2n) is 36.0. The molecule has 0 aliphatic carbocycles. The zero-order valence-corrected chi connectivity index (χ0v) is 86.0. The maximum absolute atomic E-state index is 6.43. The van der Waals surface area contributed by atoms with Gasteiger partial charge in [0, 0.05) is 89.0 Å². The van der Waals surface area contributed by atoms with Gasteiger partial charge in [-0.1, -0.05) is 112 Å². The number of rotatable bonds is 16. The van der Waals surface area contributed by atoms with E-state index >= 15 is 0 Å². The van der Waals surface area contributed by atoms with Gasteiger partial charge in [-0.05, 0) is 343 Å². The van der Waals surface area contributed by atoms with Crippen molar-refractivity contribution in [2.75, 3.05) is 0 Å². The zero-order chi connectivity index (χ0) is 96.9. The summed E-state index contributed by atoms with van der Waals surface area (Å²) in [7, 11) is 0. The van der Waals surface area contributed by atoms with Crippen molar-refractivity contribution in [3.8, 4) is 92.0 Å². The molecule has 26 rings (SSSR count). The minimum atomic E-state index is 0. The third-order valence-corrected chi connectivity index (χ3v) is 25.0. The summed E-state index contributed by atoms with van der Waals surface area (Å²) in [6.07, 6.45) is 0. The molecular formula is C122H89CsN16O8. The van der Waals surface area contributed by atoms with E-state index in [-0.39, 0.29) is 85.2 Å². The van der Waals surface area contributed by atoms with E-state index in [4.69, 9.17) is 118 Å². The number of aliphatic imine (C=N–C) groups is 16. The van der Waals surface area contributed by atoms with Crippen molar-refractivity contribution in [3.63, 3.8) is 0 Å². The molecule has 16 bridgehead atoms. The maximum Gasteiger partial charge on any atom is 1.00 e. The second kappa shape index (κ2) is 39.4. The van der Waals surface area contributed by atoms with Gasteiger partial charge in [-0.3, -0.25) is 0 Å². The van der Waals surface area contributed by atoms with E-state index in [0.29, 0.717) is 230 Å². The van der Waals surface area contributed by atoms with Gasteiger partial charge in [0.15, 0.2) is 93.4 Å². The fraction of sp³-hybridized carbons (Fsp3) is 0.0820. The van der Waals surface area contributed by atoms with Crippen LogP contribution in [0.1, 0.15) is 150 Å². The third-order valence-electron chi connectivity index (χ3n) is 25.0.